The van der Waals surface area contributed by atoms with E-state index in [9.17, 15) is 9.59 Å². The van der Waals surface area contributed by atoms with Gasteiger partial charge in [-0.2, -0.15) is 0 Å². The lowest BCUT2D eigenvalue weighted by Crippen LogP contribution is -2.18. The molecule has 0 saturated heterocycles. The SMILES string of the molecule is C[Si](C)(C)C#Cc1cn2c(C=O)cnc2c(NC(=O)OC2CC2)n1. The van der Waals surface area contributed by atoms with Gasteiger partial charge in [-0.3, -0.25) is 14.5 Å². The molecule has 1 aliphatic rings. The van der Waals surface area contributed by atoms with Crippen LogP contribution in [0.25, 0.3) is 5.65 Å². The number of aldehydes is 1. The van der Waals surface area contributed by atoms with Gasteiger partial charge in [0.15, 0.2) is 17.8 Å². The second kappa shape index (κ2) is 6.09. The smallest absolute Gasteiger partial charge is 0.413 e. The first-order valence-corrected chi connectivity index (χ1v) is 11.2. The number of aromatic nitrogens is 3. The van der Waals surface area contributed by atoms with Crippen molar-refractivity contribution in [2.24, 2.45) is 0 Å². The molecule has 7 nitrogen and oxygen atoms in total. The first-order chi connectivity index (χ1) is 11.4. The summed E-state index contributed by atoms with van der Waals surface area (Å²) in [5, 5.41) is 2.60. The van der Waals surface area contributed by atoms with Crippen LogP contribution in [0.4, 0.5) is 10.6 Å². The predicted octanol–water partition coefficient (Wildman–Crippen LogP) is 2.48. The number of anilines is 1. The molecule has 2 aromatic rings. The normalized spacial score (nSPS) is 14.0. The number of fused-ring (bicyclic) bond motifs is 1. The standard InChI is InChI=1S/C16H18N4O3Si/c1-24(2,3)7-6-11-9-20-12(10-21)8-17-15(20)14(18-11)19-16(22)23-13-4-5-13/h8-10,13H,4-5H2,1-3H3,(H,18,19,22). The molecule has 1 N–H and O–H groups in total. The minimum absolute atomic E-state index is 0.0128. The van der Waals surface area contributed by atoms with Crippen LogP contribution in [0, 0.1) is 11.5 Å². The highest BCUT2D eigenvalue weighted by Gasteiger charge is 2.26. The van der Waals surface area contributed by atoms with Crippen LogP contribution in [0.5, 0.6) is 0 Å². The van der Waals surface area contributed by atoms with Gasteiger partial charge in [0.25, 0.3) is 0 Å². The molecule has 0 unspecified atom stereocenters. The van der Waals surface area contributed by atoms with Crippen molar-refractivity contribution >= 4 is 31.9 Å². The molecule has 0 aliphatic heterocycles. The maximum atomic E-state index is 11.9. The van der Waals surface area contributed by atoms with Gasteiger partial charge >= 0.3 is 6.09 Å². The Bertz CT molecular complexity index is 869. The molecule has 1 amide bonds. The van der Waals surface area contributed by atoms with E-state index in [1.165, 1.54) is 6.20 Å². The third-order valence-corrected chi connectivity index (χ3v) is 4.10. The summed E-state index contributed by atoms with van der Waals surface area (Å²) in [6, 6.07) is 0. The lowest BCUT2D eigenvalue weighted by molar-refractivity contribution is 0.111. The van der Waals surface area contributed by atoms with Crippen molar-refractivity contribution in [1.82, 2.24) is 14.4 Å². The number of nitrogens with zero attached hydrogens (tertiary/aromatic N) is 3. The fraction of sp³-hybridized carbons (Fsp3) is 0.375. The van der Waals surface area contributed by atoms with Crippen molar-refractivity contribution in [1.29, 1.82) is 0 Å². The summed E-state index contributed by atoms with van der Waals surface area (Å²) in [5.41, 5.74) is 4.42. The molecule has 124 valence electrons. The number of carbonyl (C=O) groups is 2. The Labute approximate surface area is 140 Å². The van der Waals surface area contributed by atoms with E-state index in [2.05, 4.69) is 46.4 Å². The van der Waals surface area contributed by atoms with E-state index in [0.717, 1.165) is 12.8 Å². The Morgan fingerprint density at radius 3 is 2.83 bits per heavy atom. The fourth-order valence-electron chi connectivity index (χ4n) is 1.95. The van der Waals surface area contributed by atoms with Crippen LogP contribution in [0.15, 0.2) is 12.4 Å². The number of hydrogen-bond donors (Lipinski definition) is 1. The van der Waals surface area contributed by atoms with E-state index >= 15 is 0 Å². The lowest BCUT2D eigenvalue weighted by Gasteiger charge is -2.08. The van der Waals surface area contributed by atoms with Gasteiger partial charge in [-0.15, -0.1) is 5.54 Å². The van der Waals surface area contributed by atoms with Gasteiger partial charge in [-0.05, 0) is 12.8 Å². The number of hydrogen-bond acceptors (Lipinski definition) is 5. The number of amides is 1. The summed E-state index contributed by atoms with van der Waals surface area (Å²) < 4.78 is 6.75. The monoisotopic (exact) mass is 342 g/mol. The van der Waals surface area contributed by atoms with Crippen LogP contribution in [0.1, 0.15) is 29.0 Å². The zero-order valence-electron chi connectivity index (χ0n) is 13.8. The largest absolute Gasteiger partial charge is 0.446 e. The molecule has 1 saturated carbocycles. The van der Waals surface area contributed by atoms with Crippen molar-refractivity contribution in [3.8, 4) is 11.5 Å². The van der Waals surface area contributed by atoms with Crippen molar-refractivity contribution < 1.29 is 14.3 Å². The van der Waals surface area contributed by atoms with Gasteiger partial charge in [-0.1, -0.05) is 25.6 Å². The van der Waals surface area contributed by atoms with Crippen molar-refractivity contribution in [3.05, 3.63) is 23.8 Å². The zero-order valence-corrected chi connectivity index (χ0v) is 14.8. The molecular formula is C16H18N4O3Si. The fourth-order valence-corrected chi connectivity index (χ4v) is 2.46. The number of carbonyl (C=O) groups excluding carboxylic acids is 2. The number of rotatable bonds is 3. The zero-order chi connectivity index (χ0) is 17.3. The predicted molar refractivity (Wildman–Crippen MR) is 91.7 cm³/mol. The summed E-state index contributed by atoms with van der Waals surface area (Å²) in [6.07, 6.45) is 4.96. The highest BCUT2D eigenvalue weighted by Crippen LogP contribution is 2.24. The van der Waals surface area contributed by atoms with Crippen molar-refractivity contribution in [2.75, 3.05) is 5.32 Å². The number of nitrogens with one attached hydrogen (secondary N) is 1. The summed E-state index contributed by atoms with van der Waals surface area (Å²) in [6.45, 7) is 6.37. The van der Waals surface area contributed by atoms with E-state index in [1.54, 1.807) is 10.6 Å². The Morgan fingerprint density at radius 1 is 1.46 bits per heavy atom. The van der Waals surface area contributed by atoms with E-state index in [1.807, 2.05) is 0 Å². The van der Waals surface area contributed by atoms with Crippen LogP contribution in [-0.2, 0) is 4.74 Å². The van der Waals surface area contributed by atoms with Crippen molar-refractivity contribution in [3.63, 3.8) is 0 Å². The lowest BCUT2D eigenvalue weighted by atomic mass is 10.4. The minimum atomic E-state index is -1.58. The second-order valence-electron chi connectivity index (χ2n) is 6.70. The summed E-state index contributed by atoms with van der Waals surface area (Å²) in [5.74, 6) is 3.26. The summed E-state index contributed by atoms with van der Waals surface area (Å²) in [4.78, 5) is 31.6. The first kappa shape index (κ1) is 16.2. The van der Waals surface area contributed by atoms with Gasteiger partial charge in [-0.25, -0.2) is 14.8 Å². The maximum Gasteiger partial charge on any atom is 0.413 e. The Hall–Kier alpha value is -2.66. The highest BCUT2D eigenvalue weighted by atomic mass is 28.3. The Balaban J connectivity index is 2.00. The summed E-state index contributed by atoms with van der Waals surface area (Å²) >= 11 is 0. The molecule has 0 atom stereocenters. The average molecular weight is 342 g/mol. The third kappa shape index (κ3) is 3.81. The second-order valence-corrected chi connectivity index (χ2v) is 11.4. The molecule has 1 aliphatic carbocycles. The Morgan fingerprint density at radius 2 is 2.21 bits per heavy atom. The van der Waals surface area contributed by atoms with E-state index in [4.69, 9.17) is 4.74 Å². The van der Waals surface area contributed by atoms with Crippen LogP contribution < -0.4 is 5.32 Å². The topological polar surface area (TPSA) is 85.6 Å². The van der Waals surface area contributed by atoms with Crippen LogP contribution in [0.2, 0.25) is 19.6 Å². The van der Waals surface area contributed by atoms with Gasteiger partial charge in [0, 0.05) is 6.20 Å². The molecule has 24 heavy (non-hydrogen) atoms. The quantitative estimate of drug-likeness (QED) is 0.526. The van der Waals surface area contributed by atoms with E-state index in [0.29, 0.717) is 23.3 Å². The van der Waals surface area contributed by atoms with Gasteiger partial charge in [0.05, 0.1) is 6.20 Å². The summed E-state index contributed by atoms with van der Waals surface area (Å²) in [7, 11) is -1.58. The van der Waals surface area contributed by atoms with Gasteiger partial charge in [0.2, 0.25) is 0 Å². The van der Waals surface area contributed by atoms with Crippen LogP contribution in [-0.4, -0.2) is 40.9 Å². The van der Waals surface area contributed by atoms with Crippen LogP contribution in [0.3, 0.4) is 0 Å². The first-order valence-electron chi connectivity index (χ1n) is 7.70. The molecule has 1 fully saturated rings. The molecule has 0 spiro atoms. The van der Waals surface area contributed by atoms with E-state index in [-0.39, 0.29) is 11.9 Å². The van der Waals surface area contributed by atoms with Crippen LogP contribution >= 0.6 is 0 Å². The van der Waals surface area contributed by atoms with E-state index < -0.39 is 14.2 Å². The molecule has 0 bridgehead atoms. The highest BCUT2D eigenvalue weighted by molar-refractivity contribution is 6.83. The molecular weight excluding hydrogens is 324 g/mol. The number of imidazole rings is 1. The molecule has 3 rings (SSSR count). The molecule has 0 aromatic carbocycles. The Kier molecular flexibility index (Phi) is 4.11. The molecule has 2 heterocycles. The van der Waals surface area contributed by atoms with Crippen molar-refractivity contribution in [2.45, 2.75) is 38.6 Å². The molecule has 2 aromatic heterocycles. The van der Waals surface area contributed by atoms with Gasteiger partial charge in [0.1, 0.15) is 25.6 Å². The average Bonchev–Trinajstić information content (AvgIpc) is 3.21. The maximum absolute atomic E-state index is 11.9. The number of ether oxygens (including phenoxy) is 1. The molecule has 8 heteroatoms. The minimum Gasteiger partial charge on any atom is -0.446 e. The third-order valence-electron chi connectivity index (χ3n) is 3.23. The van der Waals surface area contributed by atoms with Gasteiger partial charge < -0.3 is 4.74 Å². The molecule has 0 radical (unpaired) electrons.